The van der Waals surface area contributed by atoms with Crippen molar-refractivity contribution < 1.29 is 9.32 Å². The number of amides is 1. The van der Waals surface area contributed by atoms with Gasteiger partial charge in [0.25, 0.3) is 5.91 Å². The second-order valence-electron chi connectivity index (χ2n) is 4.81. The van der Waals surface area contributed by atoms with Gasteiger partial charge in [-0.25, -0.2) is 0 Å². The van der Waals surface area contributed by atoms with Crippen LogP contribution in [0.3, 0.4) is 0 Å². The Kier molecular flexibility index (Phi) is 4.64. The summed E-state index contributed by atoms with van der Waals surface area (Å²) >= 11 is 11.9. The summed E-state index contributed by atoms with van der Waals surface area (Å²) in [5, 5.41) is 17.7. The minimum atomic E-state index is -0.449. The number of nitrogens with zero attached hydrogens (tertiary/aromatic N) is 3. The smallest absolute Gasteiger partial charge is 0.276 e. The number of halogens is 2. The number of carbonyl (C=O) groups is 1. The monoisotopic (exact) mass is 363 g/mol. The maximum absolute atomic E-state index is 12.2. The number of anilines is 3. The average molecular weight is 364 g/mol. The fraction of sp³-hybridized carbons (Fsp3) is 0.0667. The molecule has 0 aliphatic carbocycles. The first-order valence-corrected chi connectivity index (χ1v) is 7.58. The summed E-state index contributed by atoms with van der Waals surface area (Å²) in [7, 11) is 0. The van der Waals surface area contributed by atoms with Crippen molar-refractivity contribution >= 4 is 46.4 Å². The number of aromatic nitrogens is 3. The lowest BCUT2D eigenvalue weighted by atomic mass is 10.3. The van der Waals surface area contributed by atoms with Crippen LogP contribution in [0.5, 0.6) is 0 Å². The van der Waals surface area contributed by atoms with E-state index in [0.29, 0.717) is 28.1 Å². The quantitative estimate of drug-likeness (QED) is 0.725. The summed E-state index contributed by atoms with van der Waals surface area (Å²) in [6.45, 7) is 1.78. The maximum Gasteiger partial charge on any atom is 0.276 e. The standard InChI is InChI=1S/C15H11Cl2N5O2/c1-8-7-13(22-24-8)19-12-6-5-11(20-21-12)15(23)18-10-4-2-3-9(16)14(10)17/h2-7H,1H3,(H,18,23)(H,19,21,22). The number of rotatable bonds is 4. The zero-order valence-electron chi connectivity index (χ0n) is 12.4. The predicted octanol–water partition coefficient (Wildman–Crippen LogP) is 4.08. The summed E-state index contributed by atoms with van der Waals surface area (Å²) in [6.07, 6.45) is 0. The van der Waals surface area contributed by atoms with E-state index in [1.807, 2.05) is 0 Å². The molecule has 2 N–H and O–H groups in total. The Morgan fingerprint density at radius 3 is 2.62 bits per heavy atom. The third-order valence-corrected chi connectivity index (χ3v) is 3.80. The van der Waals surface area contributed by atoms with Gasteiger partial charge in [0.05, 0.1) is 15.7 Å². The van der Waals surface area contributed by atoms with Crippen LogP contribution in [-0.2, 0) is 0 Å². The normalized spacial score (nSPS) is 10.5. The predicted molar refractivity (Wildman–Crippen MR) is 91.0 cm³/mol. The van der Waals surface area contributed by atoms with E-state index < -0.39 is 5.91 Å². The lowest BCUT2D eigenvalue weighted by Gasteiger charge is -2.07. The maximum atomic E-state index is 12.2. The van der Waals surface area contributed by atoms with E-state index in [1.165, 1.54) is 6.07 Å². The number of nitrogens with one attached hydrogen (secondary N) is 2. The van der Waals surface area contributed by atoms with Gasteiger partial charge in [0.1, 0.15) is 5.76 Å². The van der Waals surface area contributed by atoms with Crippen LogP contribution in [0.1, 0.15) is 16.2 Å². The molecule has 0 spiro atoms. The SMILES string of the molecule is Cc1cc(Nc2ccc(C(=O)Nc3cccc(Cl)c3Cl)nn2)no1. The first kappa shape index (κ1) is 16.2. The Balaban J connectivity index is 1.70. The molecule has 0 unspecified atom stereocenters. The summed E-state index contributed by atoms with van der Waals surface area (Å²) in [4.78, 5) is 12.2. The molecule has 0 bridgehead atoms. The van der Waals surface area contributed by atoms with E-state index in [2.05, 4.69) is 26.0 Å². The van der Waals surface area contributed by atoms with Crippen LogP contribution >= 0.6 is 23.2 Å². The van der Waals surface area contributed by atoms with Crippen molar-refractivity contribution in [2.45, 2.75) is 6.92 Å². The first-order valence-electron chi connectivity index (χ1n) is 6.82. The molecule has 122 valence electrons. The molecule has 0 saturated heterocycles. The number of hydrogen-bond donors (Lipinski definition) is 2. The Morgan fingerprint density at radius 1 is 1.12 bits per heavy atom. The van der Waals surface area contributed by atoms with E-state index in [1.54, 1.807) is 37.3 Å². The van der Waals surface area contributed by atoms with E-state index in [0.717, 1.165) is 0 Å². The fourth-order valence-corrected chi connectivity index (χ4v) is 2.21. The van der Waals surface area contributed by atoms with Gasteiger partial charge in [-0.05, 0) is 31.2 Å². The third-order valence-electron chi connectivity index (χ3n) is 2.98. The molecule has 0 saturated carbocycles. The number of benzene rings is 1. The van der Waals surface area contributed by atoms with Crippen molar-refractivity contribution in [3.63, 3.8) is 0 Å². The molecule has 9 heteroatoms. The second-order valence-corrected chi connectivity index (χ2v) is 5.59. The highest BCUT2D eigenvalue weighted by Crippen LogP contribution is 2.29. The van der Waals surface area contributed by atoms with Gasteiger partial charge in [0, 0.05) is 6.07 Å². The van der Waals surface area contributed by atoms with E-state index in [4.69, 9.17) is 27.7 Å². The minimum Gasteiger partial charge on any atom is -0.360 e. The molecular formula is C15H11Cl2N5O2. The van der Waals surface area contributed by atoms with Crippen molar-refractivity contribution in [1.29, 1.82) is 0 Å². The Bertz CT molecular complexity index is 880. The highest BCUT2D eigenvalue weighted by atomic mass is 35.5. The van der Waals surface area contributed by atoms with Crippen molar-refractivity contribution in [3.05, 3.63) is 57.9 Å². The molecule has 1 aromatic carbocycles. The van der Waals surface area contributed by atoms with Crippen molar-refractivity contribution in [1.82, 2.24) is 15.4 Å². The zero-order chi connectivity index (χ0) is 17.1. The van der Waals surface area contributed by atoms with Crippen LogP contribution in [0, 0.1) is 6.92 Å². The van der Waals surface area contributed by atoms with Crippen LogP contribution < -0.4 is 10.6 Å². The average Bonchev–Trinajstić information content (AvgIpc) is 2.97. The van der Waals surface area contributed by atoms with Gasteiger partial charge in [-0.2, -0.15) is 0 Å². The van der Waals surface area contributed by atoms with Gasteiger partial charge in [-0.15, -0.1) is 10.2 Å². The second kappa shape index (κ2) is 6.86. The molecule has 24 heavy (non-hydrogen) atoms. The van der Waals surface area contributed by atoms with Crippen LogP contribution in [0.4, 0.5) is 17.3 Å². The van der Waals surface area contributed by atoms with Crippen LogP contribution in [-0.4, -0.2) is 21.3 Å². The molecule has 0 atom stereocenters. The summed E-state index contributed by atoms with van der Waals surface area (Å²) in [5.41, 5.74) is 0.532. The molecule has 0 aliphatic rings. The van der Waals surface area contributed by atoms with Gasteiger partial charge in [-0.1, -0.05) is 34.4 Å². The largest absolute Gasteiger partial charge is 0.360 e. The molecule has 1 amide bonds. The highest BCUT2D eigenvalue weighted by molar-refractivity contribution is 6.44. The molecule has 0 aliphatic heterocycles. The Hall–Kier alpha value is -2.64. The molecule has 3 rings (SSSR count). The van der Waals surface area contributed by atoms with Gasteiger partial charge >= 0.3 is 0 Å². The Labute approximate surface area is 147 Å². The molecule has 0 fully saturated rings. The summed E-state index contributed by atoms with van der Waals surface area (Å²) in [6, 6.07) is 9.79. The van der Waals surface area contributed by atoms with Crippen molar-refractivity contribution in [2.75, 3.05) is 10.6 Å². The first-order chi connectivity index (χ1) is 11.5. The van der Waals surface area contributed by atoms with Crippen LogP contribution in [0.25, 0.3) is 0 Å². The summed E-state index contributed by atoms with van der Waals surface area (Å²) < 4.78 is 4.94. The lowest BCUT2D eigenvalue weighted by molar-refractivity contribution is 0.102. The topological polar surface area (TPSA) is 92.9 Å². The number of hydrogen-bond acceptors (Lipinski definition) is 6. The van der Waals surface area contributed by atoms with E-state index in [-0.39, 0.29) is 10.7 Å². The zero-order valence-corrected chi connectivity index (χ0v) is 13.9. The van der Waals surface area contributed by atoms with Crippen LogP contribution in [0.15, 0.2) is 40.9 Å². The number of carbonyl (C=O) groups excluding carboxylic acids is 1. The lowest BCUT2D eigenvalue weighted by Crippen LogP contribution is -2.15. The summed E-state index contributed by atoms with van der Waals surface area (Å²) in [5.74, 6) is 1.15. The van der Waals surface area contributed by atoms with Crippen molar-refractivity contribution in [2.24, 2.45) is 0 Å². The highest BCUT2D eigenvalue weighted by Gasteiger charge is 2.12. The minimum absolute atomic E-state index is 0.132. The molecule has 3 aromatic rings. The molecule has 2 heterocycles. The fourth-order valence-electron chi connectivity index (χ4n) is 1.86. The molecular weight excluding hydrogens is 353 g/mol. The number of aryl methyl sites for hydroxylation is 1. The van der Waals surface area contributed by atoms with Gasteiger partial charge in [0.15, 0.2) is 17.3 Å². The molecule has 0 radical (unpaired) electrons. The third kappa shape index (κ3) is 3.64. The van der Waals surface area contributed by atoms with Crippen LogP contribution in [0.2, 0.25) is 10.0 Å². The van der Waals surface area contributed by atoms with Crippen molar-refractivity contribution in [3.8, 4) is 0 Å². The molecule has 2 aromatic heterocycles. The van der Waals surface area contributed by atoms with Gasteiger partial charge < -0.3 is 15.2 Å². The van der Waals surface area contributed by atoms with E-state index in [9.17, 15) is 4.79 Å². The van der Waals surface area contributed by atoms with Gasteiger partial charge in [0.2, 0.25) is 0 Å². The molecule has 7 nitrogen and oxygen atoms in total. The van der Waals surface area contributed by atoms with Gasteiger partial charge in [-0.3, -0.25) is 4.79 Å². The van der Waals surface area contributed by atoms with E-state index >= 15 is 0 Å². The Morgan fingerprint density at radius 2 is 1.96 bits per heavy atom.